The maximum absolute atomic E-state index is 11.9. The van der Waals surface area contributed by atoms with Crippen molar-refractivity contribution in [3.05, 3.63) is 42.6 Å². The van der Waals surface area contributed by atoms with Gasteiger partial charge in [0.05, 0.1) is 5.56 Å². The Morgan fingerprint density at radius 1 is 1.48 bits per heavy atom. The molecule has 7 nitrogen and oxygen atoms in total. The molecule has 0 bridgehead atoms. The molecule has 1 atom stereocenters. The molecular weight excluding hydrogens is 272 g/mol. The van der Waals surface area contributed by atoms with Crippen molar-refractivity contribution in [2.75, 3.05) is 0 Å². The molecule has 2 aromatic heterocycles. The minimum Gasteiger partial charge on any atom is -0.480 e. The lowest BCUT2D eigenvalue weighted by Crippen LogP contribution is -2.40. The molecule has 0 radical (unpaired) electrons. The first-order valence-electron chi connectivity index (χ1n) is 6.03. The number of aliphatic carboxylic acids is 1. The first-order valence-corrected chi connectivity index (χ1v) is 6.03. The number of rotatable bonds is 5. The summed E-state index contributed by atoms with van der Waals surface area (Å²) in [6, 6.07) is 2.07. The zero-order valence-electron chi connectivity index (χ0n) is 10.9. The van der Waals surface area contributed by atoms with E-state index >= 15 is 0 Å². The molecule has 0 aliphatic heterocycles. The Bertz CT molecular complexity index is 671. The fraction of sp³-hybridized carbons (Fsp3) is 0.143. The SMILES string of the molecule is C#CCC(NC(=O)c1ccc(-n2ccnc2)nc1)C(=O)O. The van der Waals surface area contributed by atoms with Gasteiger partial charge in [0, 0.05) is 25.0 Å². The molecule has 1 unspecified atom stereocenters. The summed E-state index contributed by atoms with van der Waals surface area (Å²) in [4.78, 5) is 30.9. The molecule has 0 spiro atoms. The highest BCUT2D eigenvalue weighted by atomic mass is 16.4. The first kappa shape index (κ1) is 14.3. The summed E-state index contributed by atoms with van der Waals surface area (Å²) in [5.41, 5.74) is 0.252. The van der Waals surface area contributed by atoms with E-state index < -0.39 is 17.9 Å². The van der Waals surface area contributed by atoms with Crippen molar-refractivity contribution in [2.24, 2.45) is 0 Å². The predicted molar refractivity (Wildman–Crippen MR) is 73.7 cm³/mol. The molecule has 106 valence electrons. The number of aromatic nitrogens is 3. The number of amides is 1. The van der Waals surface area contributed by atoms with Crippen molar-refractivity contribution < 1.29 is 14.7 Å². The van der Waals surface area contributed by atoms with Gasteiger partial charge in [0.25, 0.3) is 5.91 Å². The van der Waals surface area contributed by atoms with Gasteiger partial charge in [-0.15, -0.1) is 12.3 Å². The fourth-order valence-electron chi connectivity index (χ4n) is 1.63. The first-order chi connectivity index (χ1) is 10.1. The molecular formula is C14H12N4O3. The Balaban J connectivity index is 2.10. The van der Waals surface area contributed by atoms with Crippen LogP contribution in [0, 0.1) is 12.3 Å². The number of hydrogen-bond acceptors (Lipinski definition) is 4. The van der Waals surface area contributed by atoms with E-state index in [1.54, 1.807) is 35.4 Å². The van der Waals surface area contributed by atoms with Gasteiger partial charge in [0.1, 0.15) is 18.2 Å². The van der Waals surface area contributed by atoms with Crippen LogP contribution in [0.25, 0.3) is 5.82 Å². The van der Waals surface area contributed by atoms with Crippen molar-refractivity contribution in [1.82, 2.24) is 19.9 Å². The molecule has 21 heavy (non-hydrogen) atoms. The van der Waals surface area contributed by atoms with Crippen LogP contribution in [-0.4, -0.2) is 37.6 Å². The van der Waals surface area contributed by atoms with Gasteiger partial charge in [-0.1, -0.05) is 0 Å². The van der Waals surface area contributed by atoms with Gasteiger partial charge in [0.2, 0.25) is 0 Å². The molecule has 7 heteroatoms. The van der Waals surface area contributed by atoms with Gasteiger partial charge < -0.3 is 10.4 Å². The normalized spacial score (nSPS) is 11.4. The molecule has 2 heterocycles. The van der Waals surface area contributed by atoms with E-state index in [0.29, 0.717) is 5.82 Å². The Labute approximate surface area is 120 Å². The number of nitrogens with zero attached hydrogens (tertiary/aromatic N) is 3. The molecule has 0 aliphatic carbocycles. The van der Waals surface area contributed by atoms with E-state index in [1.165, 1.54) is 6.20 Å². The van der Waals surface area contributed by atoms with E-state index in [1.807, 2.05) is 0 Å². The lowest BCUT2D eigenvalue weighted by Gasteiger charge is -2.11. The summed E-state index contributed by atoms with van der Waals surface area (Å²) in [7, 11) is 0. The molecule has 1 amide bonds. The van der Waals surface area contributed by atoms with Crippen LogP contribution in [0.3, 0.4) is 0 Å². The third kappa shape index (κ3) is 3.45. The van der Waals surface area contributed by atoms with Gasteiger partial charge in [-0.25, -0.2) is 14.8 Å². The number of terminal acetylenes is 1. The number of carbonyl (C=O) groups is 2. The second kappa shape index (κ2) is 6.34. The van der Waals surface area contributed by atoms with Crippen molar-refractivity contribution in [2.45, 2.75) is 12.5 Å². The lowest BCUT2D eigenvalue weighted by molar-refractivity contribution is -0.139. The minimum absolute atomic E-state index is 0.0817. The number of carboxylic acids is 1. The van der Waals surface area contributed by atoms with Crippen LogP contribution < -0.4 is 5.32 Å². The average molecular weight is 284 g/mol. The third-order valence-electron chi connectivity index (χ3n) is 2.70. The van der Waals surface area contributed by atoms with E-state index in [2.05, 4.69) is 21.2 Å². The minimum atomic E-state index is -1.18. The quantitative estimate of drug-likeness (QED) is 0.778. The van der Waals surface area contributed by atoms with Gasteiger partial charge >= 0.3 is 5.97 Å². The second-order valence-electron chi connectivity index (χ2n) is 4.15. The number of nitrogens with one attached hydrogen (secondary N) is 1. The van der Waals surface area contributed by atoms with Gasteiger partial charge in [0.15, 0.2) is 0 Å². The highest BCUT2D eigenvalue weighted by Gasteiger charge is 2.19. The maximum Gasteiger partial charge on any atom is 0.327 e. The summed E-state index contributed by atoms with van der Waals surface area (Å²) < 4.78 is 1.68. The summed E-state index contributed by atoms with van der Waals surface area (Å²) in [6.07, 6.45) is 11.3. The molecule has 2 N–H and O–H groups in total. The Kier molecular flexibility index (Phi) is 4.31. The predicted octanol–water partition coefficient (Wildman–Crippen LogP) is 0.474. The van der Waals surface area contributed by atoms with Crippen molar-refractivity contribution >= 4 is 11.9 Å². The Morgan fingerprint density at radius 3 is 2.81 bits per heavy atom. The van der Waals surface area contributed by atoms with Crippen LogP contribution >= 0.6 is 0 Å². The molecule has 0 aliphatic rings. The van der Waals surface area contributed by atoms with Crippen molar-refractivity contribution in [1.29, 1.82) is 0 Å². The molecule has 2 aromatic rings. The Hall–Kier alpha value is -3.14. The van der Waals surface area contributed by atoms with Gasteiger partial charge in [-0.3, -0.25) is 9.36 Å². The van der Waals surface area contributed by atoms with Crippen LogP contribution in [0.15, 0.2) is 37.1 Å². The Morgan fingerprint density at radius 2 is 2.29 bits per heavy atom. The highest BCUT2D eigenvalue weighted by Crippen LogP contribution is 2.06. The van der Waals surface area contributed by atoms with Crippen molar-refractivity contribution in [3.8, 4) is 18.2 Å². The zero-order chi connectivity index (χ0) is 15.2. The largest absolute Gasteiger partial charge is 0.480 e. The lowest BCUT2D eigenvalue weighted by atomic mass is 10.2. The molecule has 0 fully saturated rings. The maximum atomic E-state index is 11.9. The second-order valence-corrected chi connectivity index (χ2v) is 4.15. The van der Waals surface area contributed by atoms with Crippen LogP contribution in [0.2, 0.25) is 0 Å². The molecule has 2 rings (SSSR count). The zero-order valence-corrected chi connectivity index (χ0v) is 10.9. The van der Waals surface area contributed by atoms with Crippen LogP contribution in [0.5, 0.6) is 0 Å². The number of pyridine rings is 1. The number of carboxylic acid groups (broad SMARTS) is 1. The van der Waals surface area contributed by atoms with Crippen LogP contribution in [-0.2, 0) is 4.79 Å². The molecule has 0 saturated heterocycles. The fourth-order valence-corrected chi connectivity index (χ4v) is 1.63. The third-order valence-corrected chi connectivity index (χ3v) is 2.70. The van der Waals surface area contributed by atoms with E-state index in [4.69, 9.17) is 11.5 Å². The van der Waals surface area contributed by atoms with E-state index in [-0.39, 0.29) is 12.0 Å². The average Bonchev–Trinajstić information content (AvgIpc) is 3.01. The summed E-state index contributed by atoms with van der Waals surface area (Å²) in [5.74, 6) is 1.10. The van der Waals surface area contributed by atoms with Gasteiger partial charge in [-0.05, 0) is 12.1 Å². The van der Waals surface area contributed by atoms with Gasteiger partial charge in [-0.2, -0.15) is 0 Å². The number of imidazole rings is 1. The number of hydrogen-bond donors (Lipinski definition) is 2. The summed E-state index contributed by atoms with van der Waals surface area (Å²) in [6.45, 7) is 0. The van der Waals surface area contributed by atoms with Crippen molar-refractivity contribution in [3.63, 3.8) is 0 Å². The topological polar surface area (TPSA) is 97.1 Å². The number of carbonyl (C=O) groups excluding carboxylic acids is 1. The highest BCUT2D eigenvalue weighted by molar-refractivity contribution is 5.96. The van der Waals surface area contributed by atoms with Crippen LogP contribution in [0.1, 0.15) is 16.8 Å². The van der Waals surface area contributed by atoms with E-state index in [9.17, 15) is 9.59 Å². The monoisotopic (exact) mass is 284 g/mol. The van der Waals surface area contributed by atoms with Crippen LogP contribution in [0.4, 0.5) is 0 Å². The standard InChI is InChI=1S/C14H12N4O3/c1-2-3-11(14(20)21)17-13(19)10-4-5-12(16-8-10)18-7-6-15-9-18/h1,4-9,11H,3H2,(H,17,19)(H,20,21). The smallest absolute Gasteiger partial charge is 0.327 e. The summed E-state index contributed by atoms with van der Waals surface area (Å²) in [5, 5.41) is 11.3. The molecule has 0 saturated carbocycles. The molecule has 0 aromatic carbocycles. The summed E-state index contributed by atoms with van der Waals surface area (Å²) >= 11 is 0. The van der Waals surface area contributed by atoms with E-state index in [0.717, 1.165) is 0 Å².